The van der Waals surface area contributed by atoms with Crippen molar-refractivity contribution in [2.24, 2.45) is 0 Å². The van der Waals surface area contributed by atoms with E-state index < -0.39 is 25.1 Å². The minimum Gasteiger partial charge on any atom is -0.457 e. The molecule has 0 aliphatic carbocycles. The van der Waals surface area contributed by atoms with Gasteiger partial charge in [-0.1, -0.05) is 30.3 Å². The van der Waals surface area contributed by atoms with Crippen LogP contribution in [0.25, 0.3) is 6.08 Å². The number of carbonyl (C=O) groups excluding carboxylic acids is 2. The highest BCUT2D eigenvalue weighted by atomic mass is 16.6. The molecule has 5 nitrogen and oxygen atoms in total. The van der Waals surface area contributed by atoms with Crippen LogP contribution in [-0.4, -0.2) is 30.0 Å². The van der Waals surface area contributed by atoms with Gasteiger partial charge in [-0.25, -0.2) is 9.69 Å². The number of rotatable bonds is 4. The maximum absolute atomic E-state index is 12.1. The summed E-state index contributed by atoms with van der Waals surface area (Å²) in [6, 6.07) is 16.3. The van der Waals surface area contributed by atoms with Gasteiger partial charge in [0.2, 0.25) is 0 Å². The molecule has 0 unspecified atom stereocenters. The highest BCUT2D eigenvalue weighted by Gasteiger charge is 2.26. The monoisotopic (exact) mass is 311 g/mol. The molecular weight excluding hydrogens is 294 g/mol. The van der Waals surface area contributed by atoms with E-state index in [1.54, 1.807) is 24.3 Å². The van der Waals surface area contributed by atoms with Gasteiger partial charge in [0.25, 0.3) is 5.91 Å². The summed E-state index contributed by atoms with van der Waals surface area (Å²) in [5, 5.41) is 0. The first kappa shape index (κ1) is 12.5. The summed E-state index contributed by atoms with van der Waals surface area (Å²) in [4.78, 5) is 24.0. The number of amides is 2. The zero-order chi connectivity index (χ0) is 17.9. The molecular formula is C18H15NO4. The molecule has 1 aliphatic heterocycles. The van der Waals surface area contributed by atoms with Crippen molar-refractivity contribution in [3.8, 4) is 11.5 Å². The smallest absolute Gasteiger partial charge is 0.416 e. The molecule has 116 valence electrons. The third-order valence-corrected chi connectivity index (χ3v) is 3.08. The zero-order valence-electron chi connectivity index (χ0n) is 14.1. The van der Waals surface area contributed by atoms with E-state index >= 15 is 0 Å². The maximum Gasteiger partial charge on any atom is 0.416 e. The molecule has 0 atom stereocenters. The summed E-state index contributed by atoms with van der Waals surface area (Å²) < 4.78 is 25.5. The van der Waals surface area contributed by atoms with E-state index in [9.17, 15) is 9.59 Å². The van der Waals surface area contributed by atoms with Crippen LogP contribution in [0.3, 0.4) is 0 Å². The highest BCUT2D eigenvalue weighted by Crippen LogP contribution is 2.22. The van der Waals surface area contributed by atoms with Crippen molar-refractivity contribution in [2.45, 2.75) is 0 Å². The SMILES string of the molecule is [2H]C1([2H])COC(=O)N1C(=O)/C=C/c1cccc(Oc2ccccc2)c1. The molecule has 0 aromatic heterocycles. The fraction of sp³-hybridized carbons (Fsp3) is 0.111. The van der Waals surface area contributed by atoms with Crippen LogP contribution in [-0.2, 0) is 9.53 Å². The maximum atomic E-state index is 12.1. The lowest BCUT2D eigenvalue weighted by Gasteiger charge is -2.07. The number of carbonyl (C=O) groups is 2. The molecule has 1 aliphatic rings. The molecule has 0 spiro atoms. The lowest BCUT2D eigenvalue weighted by molar-refractivity contribution is -0.122. The minimum absolute atomic E-state index is 0.466. The second kappa shape index (κ2) is 6.79. The van der Waals surface area contributed by atoms with Gasteiger partial charge < -0.3 is 9.47 Å². The number of hydrogen-bond donors (Lipinski definition) is 0. The Morgan fingerprint density at radius 1 is 1.17 bits per heavy atom. The fourth-order valence-corrected chi connectivity index (χ4v) is 2.00. The van der Waals surface area contributed by atoms with Crippen LogP contribution in [0.15, 0.2) is 60.7 Å². The minimum atomic E-state index is -2.14. The average Bonchev–Trinajstić information content (AvgIpc) is 2.87. The van der Waals surface area contributed by atoms with E-state index in [2.05, 4.69) is 4.74 Å². The van der Waals surface area contributed by atoms with Gasteiger partial charge in [0.05, 0.1) is 9.24 Å². The first-order valence-electron chi connectivity index (χ1n) is 7.98. The standard InChI is InChI=1S/C18H15NO4/c20-17(19-11-12-22-18(19)21)10-9-14-5-4-8-16(13-14)23-15-6-2-1-3-7-15/h1-10,13H,11-12H2/b10-9+/i11D2. The van der Waals surface area contributed by atoms with Crippen LogP contribution in [0.1, 0.15) is 8.30 Å². The number of benzene rings is 2. The van der Waals surface area contributed by atoms with Gasteiger partial charge in [0, 0.05) is 6.08 Å². The molecule has 0 N–H and O–H groups in total. The molecule has 0 saturated carbocycles. The van der Waals surface area contributed by atoms with Gasteiger partial charge in [-0.15, -0.1) is 0 Å². The fourth-order valence-electron chi connectivity index (χ4n) is 2.00. The molecule has 23 heavy (non-hydrogen) atoms. The van der Waals surface area contributed by atoms with Crippen molar-refractivity contribution < 1.29 is 21.8 Å². The van der Waals surface area contributed by atoms with Crippen LogP contribution in [0.2, 0.25) is 0 Å². The van der Waals surface area contributed by atoms with E-state index in [1.165, 1.54) is 6.08 Å². The summed E-state index contributed by atoms with van der Waals surface area (Å²) in [6.07, 6.45) is 1.63. The van der Waals surface area contributed by atoms with Crippen molar-refractivity contribution >= 4 is 18.1 Å². The van der Waals surface area contributed by atoms with Crippen LogP contribution >= 0.6 is 0 Å². The topological polar surface area (TPSA) is 55.8 Å². The Morgan fingerprint density at radius 3 is 2.70 bits per heavy atom. The number of hydrogen-bond acceptors (Lipinski definition) is 4. The lowest BCUT2D eigenvalue weighted by Crippen LogP contribution is -2.29. The molecule has 1 fully saturated rings. The predicted molar refractivity (Wildman–Crippen MR) is 85.1 cm³/mol. The number of para-hydroxylation sites is 1. The molecule has 3 rings (SSSR count). The number of ether oxygens (including phenoxy) is 2. The Balaban J connectivity index is 1.72. The van der Waals surface area contributed by atoms with Gasteiger partial charge in [-0.2, -0.15) is 0 Å². The Morgan fingerprint density at radius 2 is 1.96 bits per heavy atom. The Hall–Kier alpha value is -3.08. The van der Waals surface area contributed by atoms with Gasteiger partial charge in [-0.05, 0) is 35.9 Å². The number of cyclic esters (lactones) is 1. The van der Waals surface area contributed by atoms with Gasteiger partial charge >= 0.3 is 6.09 Å². The largest absolute Gasteiger partial charge is 0.457 e. The molecule has 2 amide bonds. The van der Waals surface area contributed by atoms with Crippen LogP contribution in [0.4, 0.5) is 4.79 Å². The summed E-state index contributed by atoms with van der Waals surface area (Å²) in [5.74, 6) is 0.506. The van der Waals surface area contributed by atoms with E-state index in [0.717, 1.165) is 6.08 Å². The van der Waals surface area contributed by atoms with Crippen molar-refractivity contribution in [1.29, 1.82) is 0 Å². The normalized spacial score (nSPS) is 17.6. The third-order valence-electron chi connectivity index (χ3n) is 3.08. The summed E-state index contributed by atoms with van der Waals surface area (Å²) >= 11 is 0. The first-order valence-corrected chi connectivity index (χ1v) is 6.98. The Labute approximate surface area is 136 Å². The van der Waals surface area contributed by atoms with Crippen molar-refractivity contribution in [3.63, 3.8) is 0 Å². The molecule has 2 aromatic carbocycles. The highest BCUT2D eigenvalue weighted by molar-refractivity contribution is 6.01. The average molecular weight is 311 g/mol. The zero-order valence-corrected chi connectivity index (χ0v) is 12.1. The van der Waals surface area contributed by atoms with E-state index in [-0.39, 0.29) is 0 Å². The predicted octanol–water partition coefficient (Wildman–Crippen LogP) is 3.47. The second-order valence-corrected chi connectivity index (χ2v) is 4.71. The molecule has 0 radical (unpaired) electrons. The quantitative estimate of drug-likeness (QED) is 0.811. The molecule has 0 bridgehead atoms. The Bertz CT molecular complexity index is 821. The first-order chi connectivity index (χ1) is 12.0. The van der Waals surface area contributed by atoms with Gasteiger partial charge in [-0.3, -0.25) is 4.79 Å². The van der Waals surface area contributed by atoms with Crippen LogP contribution in [0, 0.1) is 0 Å². The molecule has 1 saturated heterocycles. The van der Waals surface area contributed by atoms with Gasteiger partial charge in [0.15, 0.2) is 0 Å². The third kappa shape index (κ3) is 3.77. The summed E-state index contributed by atoms with van der Waals surface area (Å²) in [6.45, 7) is -2.61. The summed E-state index contributed by atoms with van der Waals surface area (Å²) in [7, 11) is 0. The van der Waals surface area contributed by atoms with E-state index in [0.29, 0.717) is 22.0 Å². The van der Waals surface area contributed by atoms with E-state index in [1.807, 2.05) is 30.3 Å². The van der Waals surface area contributed by atoms with Crippen LogP contribution in [0.5, 0.6) is 11.5 Å². The van der Waals surface area contributed by atoms with Crippen molar-refractivity contribution in [1.82, 2.24) is 4.90 Å². The van der Waals surface area contributed by atoms with Crippen molar-refractivity contribution in [3.05, 3.63) is 66.2 Å². The molecule has 5 heteroatoms. The van der Waals surface area contributed by atoms with Gasteiger partial charge in [0.1, 0.15) is 18.1 Å². The molecule has 1 heterocycles. The number of nitrogens with zero attached hydrogens (tertiary/aromatic N) is 1. The van der Waals surface area contributed by atoms with Crippen LogP contribution < -0.4 is 4.74 Å². The van der Waals surface area contributed by atoms with Crippen molar-refractivity contribution in [2.75, 3.05) is 13.1 Å². The Kier molecular flexibility index (Phi) is 3.68. The van der Waals surface area contributed by atoms with E-state index in [4.69, 9.17) is 7.48 Å². The lowest BCUT2D eigenvalue weighted by atomic mass is 10.2. The second-order valence-electron chi connectivity index (χ2n) is 4.71. The summed E-state index contributed by atoms with van der Waals surface area (Å²) in [5.41, 5.74) is 0.676. The number of imide groups is 1. The molecule has 2 aromatic rings.